The summed E-state index contributed by atoms with van der Waals surface area (Å²) < 4.78 is 11.5. The molecule has 0 radical (unpaired) electrons. The molecular formula is C31H21Cl3N2O5S. The van der Waals surface area contributed by atoms with Gasteiger partial charge in [-0.3, -0.25) is 9.69 Å². The Morgan fingerprint density at radius 2 is 1.60 bits per heavy atom. The number of carbonyl (C=O) groups excluding carboxylic acids is 1. The Bertz CT molecular complexity index is 1710. The van der Waals surface area contributed by atoms with Gasteiger partial charge in [0.15, 0.2) is 16.7 Å². The summed E-state index contributed by atoms with van der Waals surface area (Å²) in [6, 6.07) is 23.7. The van der Waals surface area contributed by atoms with E-state index in [1.807, 2.05) is 0 Å². The molecule has 0 aromatic heterocycles. The fraction of sp³-hybridized carbons (Fsp3) is 0.0645. The second-order valence-corrected chi connectivity index (χ2v) is 11.2. The monoisotopic (exact) mass is 638 g/mol. The zero-order chi connectivity index (χ0) is 29.8. The lowest BCUT2D eigenvalue weighted by Crippen LogP contribution is -2.28. The van der Waals surface area contributed by atoms with Crippen LogP contribution in [0.25, 0.3) is 6.08 Å². The summed E-state index contributed by atoms with van der Waals surface area (Å²) in [5.41, 5.74) is 2.81. The third-order valence-electron chi connectivity index (χ3n) is 6.08. The van der Waals surface area contributed by atoms with Gasteiger partial charge in [0.1, 0.15) is 6.61 Å². The van der Waals surface area contributed by atoms with Crippen molar-refractivity contribution in [3.63, 3.8) is 0 Å². The van der Waals surface area contributed by atoms with Gasteiger partial charge >= 0.3 is 5.97 Å². The zero-order valence-corrected chi connectivity index (χ0v) is 25.0. The van der Waals surface area contributed by atoms with Crippen LogP contribution in [-0.4, -0.2) is 29.3 Å². The minimum atomic E-state index is -1.00. The molecule has 0 spiro atoms. The number of thioether (sulfide) groups is 1. The van der Waals surface area contributed by atoms with Gasteiger partial charge < -0.3 is 14.6 Å². The van der Waals surface area contributed by atoms with Gasteiger partial charge in [-0.15, -0.1) is 0 Å². The summed E-state index contributed by atoms with van der Waals surface area (Å²) in [6.45, 7) is 0.144. The van der Waals surface area contributed by atoms with Gasteiger partial charge in [-0.1, -0.05) is 46.9 Å². The largest absolute Gasteiger partial charge is 0.493 e. The highest BCUT2D eigenvalue weighted by molar-refractivity contribution is 8.19. The lowest BCUT2D eigenvalue weighted by Gasteiger charge is -2.15. The van der Waals surface area contributed by atoms with Crippen LogP contribution in [0.5, 0.6) is 11.5 Å². The molecular weight excluding hydrogens is 619 g/mol. The molecule has 1 aliphatic rings. The van der Waals surface area contributed by atoms with Crippen molar-refractivity contribution >= 4 is 81.1 Å². The molecule has 1 aliphatic heterocycles. The van der Waals surface area contributed by atoms with Crippen molar-refractivity contribution in [2.24, 2.45) is 4.99 Å². The number of aromatic carboxylic acids is 1. The third kappa shape index (κ3) is 6.74. The fourth-order valence-electron chi connectivity index (χ4n) is 4.01. The summed E-state index contributed by atoms with van der Waals surface area (Å²) in [7, 11) is 1.49. The SMILES string of the molecule is COc1cc(/C=C2\SC(=Nc3ccc(Cl)cc3)N(c3ccc(Cl)cc3)C2=O)cc(Cl)c1OCc1ccc(C(=O)O)cc1. The minimum Gasteiger partial charge on any atom is -0.493 e. The Kier molecular flexibility index (Phi) is 9.09. The quantitative estimate of drug-likeness (QED) is 0.194. The number of anilines is 1. The van der Waals surface area contributed by atoms with Crippen molar-refractivity contribution in [2.45, 2.75) is 6.61 Å². The average molecular weight is 640 g/mol. The first-order chi connectivity index (χ1) is 20.2. The van der Waals surface area contributed by atoms with Crippen LogP contribution in [0.15, 0.2) is 94.8 Å². The van der Waals surface area contributed by atoms with E-state index < -0.39 is 5.97 Å². The van der Waals surface area contributed by atoms with Gasteiger partial charge in [-0.2, -0.15) is 0 Å². The van der Waals surface area contributed by atoms with Crippen LogP contribution in [-0.2, 0) is 11.4 Å². The number of carboxylic acid groups (broad SMARTS) is 1. The van der Waals surface area contributed by atoms with Gasteiger partial charge in [-0.25, -0.2) is 9.79 Å². The van der Waals surface area contributed by atoms with Crippen molar-refractivity contribution < 1.29 is 24.2 Å². The molecule has 1 amide bonds. The molecule has 1 fully saturated rings. The van der Waals surface area contributed by atoms with Crippen molar-refractivity contribution in [3.05, 3.63) is 122 Å². The number of ether oxygens (including phenoxy) is 2. The molecule has 1 N–H and O–H groups in total. The number of carboxylic acids is 1. The van der Waals surface area contributed by atoms with E-state index in [2.05, 4.69) is 0 Å². The summed E-state index contributed by atoms with van der Waals surface area (Å²) in [6.07, 6.45) is 1.71. The minimum absolute atomic E-state index is 0.144. The Labute approximate surface area is 260 Å². The number of rotatable bonds is 8. The van der Waals surface area contributed by atoms with Crippen LogP contribution < -0.4 is 14.4 Å². The lowest BCUT2D eigenvalue weighted by molar-refractivity contribution is -0.113. The van der Waals surface area contributed by atoms with E-state index in [9.17, 15) is 9.59 Å². The predicted octanol–water partition coefficient (Wildman–Crippen LogP) is 8.74. The Morgan fingerprint density at radius 1 is 0.952 bits per heavy atom. The van der Waals surface area contributed by atoms with E-state index in [0.29, 0.717) is 48.6 Å². The average Bonchev–Trinajstić information content (AvgIpc) is 3.27. The number of hydrogen-bond donors (Lipinski definition) is 1. The van der Waals surface area contributed by atoms with Crippen LogP contribution in [0.4, 0.5) is 11.4 Å². The van der Waals surface area contributed by atoms with Crippen molar-refractivity contribution in [1.82, 2.24) is 0 Å². The van der Waals surface area contributed by atoms with E-state index in [1.165, 1.54) is 35.9 Å². The first-order valence-corrected chi connectivity index (χ1v) is 14.3. The van der Waals surface area contributed by atoms with Crippen molar-refractivity contribution in [3.8, 4) is 11.5 Å². The van der Waals surface area contributed by atoms with Gasteiger partial charge in [0.25, 0.3) is 5.91 Å². The maximum atomic E-state index is 13.7. The number of amidine groups is 1. The Morgan fingerprint density at radius 3 is 2.21 bits per heavy atom. The molecule has 5 rings (SSSR count). The normalized spacial score (nSPS) is 15.0. The number of hydrogen-bond acceptors (Lipinski definition) is 6. The van der Waals surface area contributed by atoms with Crippen LogP contribution in [0.3, 0.4) is 0 Å². The highest BCUT2D eigenvalue weighted by Crippen LogP contribution is 2.41. The second kappa shape index (κ2) is 12.9. The molecule has 4 aromatic carbocycles. The van der Waals surface area contributed by atoms with E-state index >= 15 is 0 Å². The molecule has 1 saturated heterocycles. The van der Waals surface area contributed by atoms with E-state index in [0.717, 1.165) is 5.56 Å². The maximum absolute atomic E-state index is 13.7. The van der Waals surface area contributed by atoms with Gasteiger partial charge in [0.2, 0.25) is 0 Å². The molecule has 1 heterocycles. The molecule has 0 bridgehead atoms. The highest BCUT2D eigenvalue weighted by Gasteiger charge is 2.35. The van der Waals surface area contributed by atoms with Gasteiger partial charge in [0.05, 0.1) is 34.0 Å². The van der Waals surface area contributed by atoms with Crippen LogP contribution in [0.1, 0.15) is 21.5 Å². The van der Waals surface area contributed by atoms with Crippen molar-refractivity contribution in [2.75, 3.05) is 12.0 Å². The van der Waals surface area contributed by atoms with E-state index in [4.69, 9.17) is 54.4 Å². The molecule has 42 heavy (non-hydrogen) atoms. The van der Waals surface area contributed by atoms with E-state index in [1.54, 1.807) is 78.9 Å². The predicted molar refractivity (Wildman–Crippen MR) is 169 cm³/mol. The maximum Gasteiger partial charge on any atom is 0.335 e. The lowest BCUT2D eigenvalue weighted by atomic mass is 10.1. The van der Waals surface area contributed by atoms with E-state index in [-0.39, 0.29) is 23.1 Å². The molecule has 0 unspecified atom stereocenters. The molecule has 7 nitrogen and oxygen atoms in total. The zero-order valence-electron chi connectivity index (χ0n) is 21.9. The van der Waals surface area contributed by atoms with Gasteiger partial charge in [-0.05, 0) is 102 Å². The second-order valence-electron chi connectivity index (χ2n) is 8.92. The highest BCUT2D eigenvalue weighted by atomic mass is 35.5. The number of nitrogens with zero attached hydrogens (tertiary/aromatic N) is 2. The molecule has 11 heteroatoms. The fourth-order valence-corrected chi connectivity index (χ4v) is 5.53. The standard InChI is InChI=1S/C31H21Cl3N2O5S/c1-40-26-15-19(14-25(34)28(26)41-17-18-2-4-20(5-3-18)30(38)39)16-27-29(37)36(24-12-8-22(33)9-13-24)31(42-27)35-23-10-6-21(32)7-11-23/h2-16H,17H2,1H3,(H,38,39)/b27-16-,35-31?. The molecule has 0 saturated carbocycles. The summed E-state index contributed by atoms with van der Waals surface area (Å²) in [5, 5.41) is 11.0. The Hall–Kier alpha value is -3.95. The molecule has 212 valence electrons. The smallest absolute Gasteiger partial charge is 0.335 e. The van der Waals surface area contributed by atoms with Crippen LogP contribution in [0.2, 0.25) is 15.1 Å². The first kappa shape index (κ1) is 29.5. The number of benzene rings is 4. The third-order valence-corrected chi connectivity index (χ3v) is 7.83. The first-order valence-electron chi connectivity index (χ1n) is 12.4. The molecule has 0 aliphatic carbocycles. The number of amides is 1. The Balaban J connectivity index is 1.44. The number of carbonyl (C=O) groups is 2. The van der Waals surface area contributed by atoms with Gasteiger partial charge in [0, 0.05) is 10.0 Å². The summed E-state index contributed by atoms with van der Waals surface area (Å²) in [5.74, 6) is -0.580. The number of aliphatic imine (C=N–C) groups is 1. The van der Waals surface area contributed by atoms with Crippen molar-refractivity contribution in [1.29, 1.82) is 0 Å². The van der Waals surface area contributed by atoms with Crippen LogP contribution >= 0.6 is 46.6 Å². The summed E-state index contributed by atoms with van der Waals surface area (Å²) in [4.78, 5) is 31.4. The topological polar surface area (TPSA) is 88.4 Å². The molecule has 0 atom stereocenters. The summed E-state index contributed by atoms with van der Waals surface area (Å²) >= 11 is 19.9. The number of methoxy groups -OCH3 is 1. The van der Waals surface area contributed by atoms with Crippen LogP contribution in [0, 0.1) is 0 Å². The number of halogens is 3. The molecule has 4 aromatic rings.